The standard InChI is InChI=1S/C21H24N6O2/c1-13-10-26(12-22-13)18-6-4-15(9-20(18)29-2)17-11-27(25-24-17)19-8-14-3-5-16(7-14)23-21(19)28/h4,6,9-12,14,16,19H,3,5,7-8H2,1-2H3,(H,23,28). The van der Waals surface area contributed by atoms with Gasteiger partial charge in [0.25, 0.3) is 0 Å². The molecule has 1 amide bonds. The van der Waals surface area contributed by atoms with Gasteiger partial charge >= 0.3 is 0 Å². The molecule has 29 heavy (non-hydrogen) atoms. The van der Waals surface area contributed by atoms with Crippen LogP contribution in [0.4, 0.5) is 0 Å². The zero-order valence-corrected chi connectivity index (χ0v) is 16.6. The van der Waals surface area contributed by atoms with Gasteiger partial charge in [-0.1, -0.05) is 11.3 Å². The second kappa shape index (κ2) is 7.02. The maximum absolute atomic E-state index is 12.6. The average Bonchev–Trinajstić information content (AvgIpc) is 3.44. The summed E-state index contributed by atoms with van der Waals surface area (Å²) in [5.74, 6) is 1.35. The van der Waals surface area contributed by atoms with Crippen molar-refractivity contribution in [3.05, 3.63) is 42.6 Å². The highest BCUT2D eigenvalue weighted by atomic mass is 16.5. The Kier molecular flexibility index (Phi) is 4.34. The van der Waals surface area contributed by atoms with Crippen molar-refractivity contribution < 1.29 is 9.53 Å². The molecule has 0 radical (unpaired) electrons. The van der Waals surface area contributed by atoms with Gasteiger partial charge < -0.3 is 14.6 Å². The summed E-state index contributed by atoms with van der Waals surface area (Å²) in [7, 11) is 1.65. The summed E-state index contributed by atoms with van der Waals surface area (Å²) in [5.41, 5.74) is 3.46. The molecule has 2 aliphatic rings. The molecule has 8 heteroatoms. The molecule has 3 heterocycles. The van der Waals surface area contributed by atoms with E-state index in [1.807, 2.05) is 42.1 Å². The molecule has 1 N–H and O–H groups in total. The van der Waals surface area contributed by atoms with Gasteiger partial charge in [-0.25, -0.2) is 9.67 Å². The lowest BCUT2D eigenvalue weighted by atomic mass is 9.99. The molecule has 1 saturated heterocycles. The molecule has 5 rings (SSSR count). The Morgan fingerprint density at radius 3 is 2.90 bits per heavy atom. The summed E-state index contributed by atoms with van der Waals surface area (Å²) >= 11 is 0. The number of benzene rings is 1. The van der Waals surface area contributed by atoms with Gasteiger partial charge in [-0.2, -0.15) is 0 Å². The summed E-state index contributed by atoms with van der Waals surface area (Å²) in [6, 6.07) is 5.93. The number of fused-ring (bicyclic) bond motifs is 2. The van der Waals surface area contributed by atoms with E-state index in [0.717, 1.165) is 47.7 Å². The quantitative estimate of drug-likeness (QED) is 0.738. The summed E-state index contributed by atoms with van der Waals surface area (Å²) < 4.78 is 9.24. The summed E-state index contributed by atoms with van der Waals surface area (Å²) in [4.78, 5) is 16.9. The molecule has 2 fully saturated rings. The normalized spacial score (nSPS) is 23.7. The molecule has 1 aliphatic carbocycles. The van der Waals surface area contributed by atoms with Crippen LogP contribution in [0.1, 0.15) is 37.4 Å². The van der Waals surface area contributed by atoms with E-state index in [1.54, 1.807) is 18.1 Å². The Labute approximate surface area is 168 Å². The van der Waals surface area contributed by atoms with E-state index in [-0.39, 0.29) is 11.9 Å². The van der Waals surface area contributed by atoms with Crippen molar-refractivity contribution in [3.63, 3.8) is 0 Å². The van der Waals surface area contributed by atoms with E-state index in [1.165, 1.54) is 6.42 Å². The summed E-state index contributed by atoms with van der Waals surface area (Å²) in [5, 5.41) is 11.8. The second-order valence-corrected chi connectivity index (χ2v) is 8.03. The lowest BCUT2D eigenvalue weighted by Gasteiger charge is -2.19. The fourth-order valence-corrected chi connectivity index (χ4v) is 4.53. The van der Waals surface area contributed by atoms with Crippen molar-refractivity contribution in [2.75, 3.05) is 7.11 Å². The molecule has 3 atom stereocenters. The summed E-state index contributed by atoms with van der Waals surface area (Å²) in [6.45, 7) is 1.95. The van der Waals surface area contributed by atoms with Gasteiger partial charge in [-0.15, -0.1) is 5.10 Å². The Morgan fingerprint density at radius 1 is 1.21 bits per heavy atom. The number of carbonyl (C=O) groups is 1. The average molecular weight is 392 g/mol. The highest BCUT2D eigenvalue weighted by molar-refractivity contribution is 5.81. The van der Waals surface area contributed by atoms with Gasteiger partial charge in [0, 0.05) is 17.8 Å². The summed E-state index contributed by atoms with van der Waals surface area (Å²) in [6.07, 6.45) is 9.75. The van der Waals surface area contributed by atoms with Crippen LogP contribution in [-0.2, 0) is 4.79 Å². The molecule has 1 aromatic carbocycles. The van der Waals surface area contributed by atoms with Crippen LogP contribution < -0.4 is 10.1 Å². The number of nitrogens with zero attached hydrogens (tertiary/aromatic N) is 5. The van der Waals surface area contributed by atoms with Crippen molar-refractivity contribution in [2.24, 2.45) is 5.92 Å². The molecule has 150 valence electrons. The molecule has 8 nitrogen and oxygen atoms in total. The van der Waals surface area contributed by atoms with Gasteiger partial charge in [0.05, 0.1) is 31.0 Å². The van der Waals surface area contributed by atoms with E-state index >= 15 is 0 Å². The van der Waals surface area contributed by atoms with Crippen molar-refractivity contribution >= 4 is 5.91 Å². The predicted molar refractivity (Wildman–Crippen MR) is 107 cm³/mol. The van der Waals surface area contributed by atoms with E-state index in [0.29, 0.717) is 12.0 Å². The Bertz CT molecular complexity index is 1060. The third-order valence-electron chi connectivity index (χ3n) is 6.04. The SMILES string of the molecule is COc1cc(-c2cn(C3CC4CCC(C4)NC3=O)nn2)ccc1-n1cnc(C)c1. The topological polar surface area (TPSA) is 86.9 Å². The molecule has 3 aromatic rings. The molecule has 1 saturated carbocycles. The van der Waals surface area contributed by atoms with Crippen LogP contribution >= 0.6 is 0 Å². The fourth-order valence-electron chi connectivity index (χ4n) is 4.53. The van der Waals surface area contributed by atoms with Crippen LogP contribution in [0.5, 0.6) is 5.75 Å². The number of methoxy groups -OCH3 is 1. The van der Waals surface area contributed by atoms with Crippen molar-refractivity contribution in [3.8, 4) is 22.7 Å². The van der Waals surface area contributed by atoms with Crippen LogP contribution in [0.25, 0.3) is 16.9 Å². The first-order valence-corrected chi connectivity index (χ1v) is 10.0. The zero-order chi connectivity index (χ0) is 20.0. The number of imidazole rings is 1. The first kappa shape index (κ1) is 17.9. The van der Waals surface area contributed by atoms with E-state index in [2.05, 4.69) is 20.6 Å². The van der Waals surface area contributed by atoms with Gasteiger partial charge in [0.1, 0.15) is 17.5 Å². The highest BCUT2D eigenvalue weighted by Crippen LogP contribution is 2.36. The van der Waals surface area contributed by atoms with E-state index in [4.69, 9.17) is 4.74 Å². The predicted octanol–water partition coefficient (Wildman–Crippen LogP) is 2.68. The van der Waals surface area contributed by atoms with Crippen LogP contribution in [-0.4, -0.2) is 43.6 Å². The first-order chi connectivity index (χ1) is 14.1. The minimum absolute atomic E-state index is 0.0528. The third-order valence-corrected chi connectivity index (χ3v) is 6.04. The van der Waals surface area contributed by atoms with Gasteiger partial charge in [-0.3, -0.25) is 4.79 Å². The van der Waals surface area contributed by atoms with Crippen molar-refractivity contribution in [2.45, 2.75) is 44.7 Å². The van der Waals surface area contributed by atoms with Gasteiger partial charge in [0.15, 0.2) is 0 Å². The number of aromatic nitrogens is 5. The number of amides is 1. The Hall–Kier alpha value is -3.16. The molecule has 2 bridgehead atoms. The number of carbonyl (C=O) groups excluding carboxylic acids is 1. The van der Waals surface area contributed by atoms with E-state index in [9.17, 15) is 4.79 Å². The van der Waals surface area contributed by atoms with Crippen molar-refractivity contribution in [1.29, 1.82) is 0 Å². The number of ether oxygens (including phenoxy) is 1. The number of rotatable bonds is 4. The van der Waals surface area contributed by atoms with Crippen molar-refractivity contribution in [1.82, 2.24) is 29.9 Å². The zero-order valence-electron chi connectivity index (χ0n) is 16.6. The number of nitrogens with one attached hydrogen (secondary N) is 1. The molecule has 1 aliphatic heterocycles. The smallest absolute Gasteiger partial charge is 0.245 e. The maximum atomic E-state index is 12.6. The van der Waals surface area contributed by atoms with Gasteiger partial charge in [0.2, 0.25) is 5.91 Å². The monoisotopic (exact) mass is 392 g/mol. The Balaban J connectivity index is 1.43. The minimum atomic E-state index is -0.290. The lowest BCUT2D eigenvalue weighted by Crippen LogP contribution is -2.37. The molecule has 3 unspecified atom stereocenters. The number of hydrogen-bond donors (Lipinski definition) is 1. The van der Waals surface area contributed by atoms with Crippen LogP contribution in [0, 0.1) is 12.8 Å². The second-order valence-electron chi connectivity index (χ2n) is 8.03. The lowest BCUT2D eigenvalue weighted by molar-refractivity contribution is -0.125. The Morgan fingerprint density at radius 2 is 2.10 bits per heavy atom. The number of aryl methyl sites for hydroxylation is 1. The molecule has 0 spiro atoms. The van der Waals surface area contributed by atoms with Crippen LogP contribution in [0.15, 0.2) is 36.9 Å². The molecule has 2 aromatic heterocycles. The maximum Gasteiger partial charge on any atom is 0.245 e. The minimum Gasteiger partial charge on any atom is -0.495 e. The third kappa shape index (κ3) is 3.28. The molecular formula is C21H24N6O2. The van der Waals surface area contributed by atoms with E-state index < -0.39 is 0 Å². The number of hydrogen-bond acceptors (Lipinski definition) is 5. The van der Waals surface area contributed by atoms with Crippen LogP contribution in [0.3, 0.4) is 0 Å². The highest BCUT2D eigenvalue weighted by Gasteiger charge is 2.36. The van der Waals surface area contributed by atoms with Crippen LogP contribution in [0.2, 0.25) is 0 Å². The fraction of sp³-hybridized carbons (Fsp3) is 0.429. The first-order valence-electron chi connectivity index (χ1n) is 10.0. The van der Waals surface area contributed by atoms with Gasteiger partial charge in [-0.05, 0) is 50.7 Å². The largest absolute Gasteiger partial charge is 0.495 e. The molecular weight excluding hydrogens is 368 g/mol.